The number of hydrogen-bond acceptors (Lipinski definition) is 2. The van der Waals surface area contributed by atoms with E-state index in [1.807, 2.05) is 13.0 Å². The van der Waals surface area contributed by atoms with Crippen LogP contribution in [0.15, 0.2) is 24.3 Å². The molecule has 0 fully saturated rings. The highest BCUT2D eigenvalue weighted by molar-refractivity contribution is 5.66. The van der Waals surface area contributed by atoms with Gasteiger partial charge in [0.05, 0.1) is 0 Å². The summed E-state index contributed by atoms with van der Waals surface area (Å²) < 4.78 is 5.03. The molecule has 0 aromatic heterocycles. The van der Waals surface area contributed by atoms with Crippen molar-refractivity contribution in [3.63, 3.8) is 0 Å². The van der Waals surface area contributed by atoms with Gasteiger partial charge in [-0.1, -0.05) is 17.7 Å². The van der Waals surface area contributed by atoms with Crippen LogP contribution < -0.4 is 0 Å². The minimum atomic E-state index is -0.212. The highest BCUT2D eigenvalue weighted by atomic mass is 16.5. The fourth-order valence-electron chi connectivity index (χ4n) is 1.31. The van der Waals surface area contributed by atoms with Crippen molar-refractivity contribution in [1.82, 2.24) is 0 Å². The molecule has 0 aromatic rings. The highest BCUT2D eigenvalue weighted by Crippen LogP contribution is 2.09. The molecule has 0 aliphatic rings. The lowest BCUT2D eigenvalue weighted by molar-refractivity contribution is -0.145. The van der Waals surface area contributed by atoms with Gasteiger partial charge in [0.2, 0.25) is 0 Å². The van der Waals surface area contributed by atoms with Gasteiger partial charge in [-0.25, -0.2) is 0 Å². The summed E-state index contributed by atoms with van der Waals surface area (Å²) in [5, 5.41) is 0. The Morgan fingerprint density at radius 3 is 2.57 bits per heavy atom. The summed E-state index contributed by atoms with van der Waals surface area (Å²) >= 11 is 0. The SMILES string of the molecule is C=CCC/C=C(\C)CC(C)OC(C)=O. The number of carbonyl (C=O) groups excluding carboxylic acids is 1. The zero-order valence-electron chi connectivity index (χ0n) is 9.38. The van der Waals surface area contributed by atoms with Gasteiger partial charge in [0.25, 0.3) is 0 Å². The second-order valence-electron chi connectivity index (χ2n) is 3.54. The number of allylic oxidation sites excluding steroid dienone is 2. The van der Waals surface area contributed by atoms with Gasteiger partial charge in [-0.2, -0.15) is 0 Å². The van der Waals surface area contributed by atoms with Gasteiger partial charge < -0.3 is 4.74 Å². The molecule has 0 radical (unpaired) electrons. The Morgan fingerprint density at radius 2 is 2.07 bits per heavy atom. The fraction of sp³-hybridized carbons (Fsp3) is 0.583. The van der Waals surface area contributed by atoms with E-state index in [9.17, 15) is 4.79 Å². The third-order valence-corrected chi connectivity index (χ3v) is 1.84. The molecule has 2 nitrogen and oxygen atoms in total. The molecular formula is C12H20O2. The highest BCUT2D eigenvalue weighted by Gasteiger charge is 2.05. The second kappa shape index (κ2) is 7.36. The largest absolute Gasteiger partial charge is 0.463 e. The van der Waals surface area contributed by atoms with Gasteiger partial charge in [0, 0.05) is 13.3 Å². The molecule has 0 aliphatic heterocycles. The van der Waals surface area contributed by atoms with Crippen molar-refractivity contribution in [3.05, 3.63) is 24.3 Å². The molecule has 80 valence electrons. The predicted octanol–water partition coefficient (Wildman–Crippen LogP) is 3.24. The summed E-state index contributed by atoms with van der Waals surface area (Å²) in [7, 11) is 0. The first-order valence-corrected chi connectivity index (χ1v) is 5.00. The average Bonchev–Trinajstić information content (AvgIpc) is 2.02. The van der Waals surface area contributed by atoms with E-state index in [1.54, 1.807) is 0 Å². The third-order valence-electron chi connectivity index (χ3n) is 1.84. The Bertz CT molecular complexity index is 216. The zero-order valence-corrected chi connectivity index (χ0v) is 9.38. The maximum absolute atomic E-state index is 10.6. The van der Waals surface area contributed by atoms with Crippen LogP contribution in [-0.2, 0) is 9.53 Å². The van der Waals surface area contributed by atoms with Crippen molar-refractivity contribution in [1.29, 1.82) is 0 Å². The van der Waals surface area contributed by atoms with Crippen LogP contribution in [0.2, 0.25) is 0 Å². The van der Waals surface area contributed by atoms with Crippen LogP contribution in [0.4, 0.5) is 0 Å². The van der Waals surface area contributed by atoms with Crippen molar-refractivity contribution in [2.24, 2.45) is 0 Å². The fourth-order valence-corrected chi connectivity index (χ4v) is 1.31. The van der Waals surface area contributed by atoms with Gasteiger partial charge in [-0.05, 0) is 26.7 Å². The van der Waals surface area contributed by atoms with Crippen LogP contribution in [0, 0.1) is 0 Å². The minimum absolute atomic E-state index is 0.0209. The average molecular weight is 196 g/mol. The normalized spacial score (nSPS) is 13.5. The first-order chi connectivity index (χ1) is 6.56. The Morgan fingerprint density at radius 1 is 1.43 bits per heavy atom. The second-order valence-corrected chi connectivity index (χ2v) is 3.54. The van der Waals surface area contributed by atoms with E-state index in [4.69, 9.17) is 4.74 Å². The van der Waals surface area contributed by atoms with Gasteiger partial charge in [0.1, 0.15) is 6.10 Å². The van der Waals surface area contributed by atoms with Gasteiger partial charge in [-0.15, -0.1) is 6.58 Å². The molecule has 0 spiro atoms. The predicted molar refractivity (Wildman–Crippen MR) is 59.0 cm³/mol. The van der Waals surface area contributed by atoms with Gasteiger partial charge >= 0.3 is 5.97 Å². The maximum atomic E-state index is 10.6. The Labute approximate surface area is 86.6 Å². The summed E-state index contributed by atoms with van der Waals surface area (Å²) in [5.74, 6) is -0.212. The zero-order chi connectivity index (χ0) is 11.0. The number of hydrogen-bond donors (Lipinski definition) is 0. The molecule has 0 aliphatic carbocycles. The first-order valence-electron chi connectivity index (χ1n) is 5.00. The summed E-state index contributed by atoms with van der Waals surface area (Å²) in [6.45, 7) is 9.06. The van der Waals surface area contributed by atoms with E-state index in [0.717, 1.165) is 19.3 Å². The lowest BCUT2D eigenvalue weighted by atomic mass is 10.1. The van der Waals surface area contributed by atoms with Crippen LogP contribution in [0.5, 0.6) is 0 Å². The molecule has 0 heterocycles. The van der Waals surface area contributed by atoms with Gasteiger partial charge in [-0.3, -0.25) is 4.79 Å². The van der Waals surface area contributed by atoms with E-state index in [1.165, 1.54) is 12.5 Å². The summed E-state index contributed by atoms with van der Waals surface area (Å²) in [6.07, 6.45) is 6.88. The lowest BCUT2D eigenvalue weighted by Crippen LogP contribution is -2.12. The molecule has 0 amide bonds. The minimum Gasteiger partial charge on any atom is -0.463 e. The third kappa shape index (κ3) is 7.59. The molecule has 14 heavy (non-hydrogen) atoms. The Kier molecular flexibility index (Phi) is 6.81. The molecule has 2 heteroatoms. The Hall–Kier alpha value is -1.05. The van der Waals surface area contributed by atoms with E-state index in [-0.39, 0.29) is 12.1 Å². The summed E-state index contributed by atoms with van der Waals surface area (Å²) in [4.78, 5) is 10.6. The van der Waals surface area contributed by atoms with Crippen molar-refractivity contribution < 1.29 is 9.53 Å². The number of carbonyl (C=O) groups is 1. The van der Waals surface area contributed by atoms with Crippen molar-refractivity contribution in [2.45, 2.75) is 46.1 Å². The molecule has 0 saturated carbocycles. The van der Waals surface area contributed by atoms with Crippen LogP contribution in [-0.4, -0.2) is 12.1 Å². The van der Waals surface area contributed by atoms with E-state index < -0.39 is 0 Å². The van der Waals surface area contributed by atoms with Crippen molar-refractivity contribution in [2.75, 3.05) is 0 Å². The molecule has 0 bridgehead atoms. The maximum Gasteiger partial charge on any atom is 0.302 e. The standard InChI is InChI=1S/C12H20O2/c1-5-6-7-8-10(2)9-11(3)14-12(4)13/h5,8,11H,1,6-7,9H2,2-4H3/b10-8+. The van der Waals surface area contributed by atoms with E-state index in [0.29, 0.717) is 0 Å². The topological polar surface area (TPSA) is 26.3 Å². The smallest absolute Gasteiger partial charge is 0.302 e. The first kappa shape index (κ1) is 12.9. The Balaban J connectivity index is 3.79. The summed E-state index contributed by atoms with van der Waals surface area (Å²) in [6, 6.07) is 0. The van der Waals surface area contributed by atoms with Crippen LogP contribution in [0.3, 0.4) is 0 Å². The van der Waals surface area contributed by atoms with Crippen LogP contribution in [0.1, 0.15) is 40.0 Å². The van der Waals surface area contributed by atoms with Crippen molar-refractivity contribution >= 4 is 5.97 Å². The number of unbranched alkanes of at least 4 members (excludes halogenated alkanes) is 1. The van der Waals surface area contributed by atoms with E-state index in [2.05, 4.69) is 19.6 Å². The molecule has 1 atom stereocenters. The van der Waals surface area contributed by atoms with Crippen LogP contribution in [0.25, 0.3) is 0 Å². The van der Waals surface area contributed by atoms with E-state index >= 15 is 0 Å². The number of esters is 1. The lowest BCUT2D eigenvalue weighted by Gasteiger charge is -2.11. The van der Waals surface area contributed by atoms with Gasteiger partial charge in [0.15, 0.2) is 0 Å². The summed E-state index contributed by atoms with van der Waals surface area (Å²) in [5.41, 5.74) is 1.26. The molecule has 0 N–H and O–H groups in total. The molecule has 0 rings (SSSR count). The molecule has 1 unspecified atom stereocenters. The quantitative estimate of drug-likeness (QED) is 0.370. The van der Waals surface area contributed by atoms with Crippen molar-refractivity contribution in [3.8, 4) is 0 Å². The monoisotopic (exact) mass is 196 g/mol. The molecule has 0 aromatic carbocycles. The number of ether oxygens (including phenoxy) is 1. The molecular weight excluding hydrogens is 176 g/mol. The number of rotatable bonds is 6. The molecule has 0 saturated heterocycles. The van der Waals surface area contributed by atoms with Crippen LogP contribution >= 0.6 is 0 Å².